The van der Waals surface area contributed by atoms with E-state index in [1.54, 1.807) is 0 Å². The van der Waals surface area contributed by atoms with Gasteiger partial charge in [0.25, 0.3) is 0 Å². The van der Waals surface area contributed by atoms with Crippen molar-refractivity contribution >= 4 is 28.7 Å². The number of carboxylic acids is 1. The molecule has 1 aromatic rings. The molecule has 0 bridgehead atoms. The molecule has 0 aromatic heterocycles. The van der Waals surface area contributed by atoms with E-state index in [0.29, 0.717) is 5.75 Å². The third kappa shape index (κ3) is 3.35. The first-order valence-electron chi connectivity index (χ1n) is 5.87. The number of aliphatic imine (C=N–C) groups is 1. The fourth-order valence-corrected chi connectivity index (χ4v) is 2.66. The predicted octanol–water partition coefficient (Wildman–Crippen LogP) is 1.14. The average molecular weight is 278 g/mol. The summed E-state index contributed by atoms with van der Waals surface area (Å²) in [5.41, 5.74) is 0.981. The molecule has 0 unspecified atom stereocenters. The molecule has 2 N–H and O–H groups in total. The van der Waals surface area contributed by atoms with Crippen LogP contribution in [0.5, 0.6) is 0 Å². The van der Waals surface area contributed by atoms with Crippen molar-refractivity contribution < 1.29 is 14.7 Å². The van der Waals surface area contributed by atoms with Crippen LogP contribution >= 0.6 is 11.8 Å². The van der Waals surface area contributed by atoms with Crippen molar-refractivity contribution in [3.8, 4) is 0 Å². The van der Waals surface area contributed by atoms with E-state index in [4.69, 9.17) is 5.11 Å². The van der Waals surface area contributed by atoms with Gasteiger partial charge in [-0.2, -0.15) is 0 Å². The lowest BCUT2D eigenvalue weighted by atomic mass is 10.2. The number of carboxylic acid groups (broad SMARTS) is 1. The van der Waals surface area contributed by atoms with E-state index < -0.39 is 18.1 Å². The van der Waals surface area contributed by atoms with Crippen molar-refractivity contribution in [2.45, 2.75) is 19.0 Å². The van der Waals surface area contributed by atoms with E-state index in [1.165, 1.54) is 18.7 Å². The Morgan fingerprint density at radius 3 is 2.74 bits per heavy atom. The number of nitrogens with zero attached hydrogens (tertiary/aromatic N) is 1. The molecule has 0 saturated carbocycles. The molecule has 0 fully saturated rings. The van der Waals surface area contributed by atoms with Gasteiger partial charge in [-0.05, 0) is 6.92 Å². The zero-order chi connectivity index (χ0) is 13.8. The zero-order valence-electron chi connectivity index (χ0n) is 10.4. The van der Waals surface area contributed by atoms with Crippen molar-refractivity contribution in [2.24, 2.45) is 4.99 Å². The molecule has 6 heteroatoms. The van der Waals surface area contributed by atoms with E-state index >= 15 is 0 Å². The highest BCUT2D eigenvalue weighted by Crippen LogP contribution is 2.23. The van der Waals surface area contributed by atoms with Crippen LogP contribution in [-0.2, 0) is 9.59 Å². The molecule has 2 rings (SSSR count). The van der Waals surface area contributed by atoms with Crippen LogP contribution in [0.2, 0.25) is 0 Å². The minimum atomic E-state index is -1.05. The molecule has 5 nitrogen and oxygen atoms in total. The van der Waals surface area contributed by atoms with Gasteiger partial charge in [0.2, 0.25) is 5.91 Å². The second-order valence-electron chi connectivity index (χ2n) is 4.20. The number of nitrogens with one attached hydrogen (secondary N) is 1. The molecule has 0 aliphatic carbocycles. The topological polar surface area (TPSA) is 78.8 Å². The first-order valence-corrected chi connectivity index (χ1v) is 6.85. The highest BCUT2D eigenvalue weighted by Gasteiger charge is 2.27. The minimum absolute atomic E-state index is 0.340. The minimum Gasteiger partial charge on any atom is -0.480 e. The average Bonchev–Trinajstić information content (AvgIpc) is 2.89. The van der Waals surface area contributed by atoms with Crippen molar-refractivity contribution in [1.29, 1.82) is 0 Å². The SMILES string of the molecule is C[C@@H](NC(=O)[C@H]1CSC(c2ccccc2)=N1)C(=O)O. The van der Waals surface area contributed by atoms with Crippen LogP contribution in [0.1, 0.15) is 12.5 Å². The van der Waals surface area contributed by atoms with Crippen LogP contribution in [-0.4, -0.2) is 39.9 Å². The molecular formula is C13H14N2O3S. The van der Waals surface area contributed by atoms with Crippen molar-refractivity contribution in [3.63, 3.8) is 0 Å². The Morgan fingerprint density at radius 2 is 2.11 bits per heavy atom. The van der Waals surface area contributed by atoms with Crippen LogP contribution in [0.15, 0.2) is 35.3 Å². The number of thioether (sulfide) groups is 1. The Kier molecular flexibility index (Phi) is 4.21. The van der Waals surface area contributed by atoms with Gasteiger partial charge in [-0.3, -0.25) is 14.6 Å². The van der Waals surface area contributed by atoms with Gasteiger partial charge in [0.05, 0.1) is 5.04 Å². The standard InChI is InChI=1S/C13H14N2O3S/c1-8(13(17)18)14-11(16)10-7-19-12(15-10)9-5-3-2-4-6-9/h2-6,8,10H,7H2,1H3,(H,14,16)(H,17,18)/t8-,10-/m1/s1. The number of benzene rings is 1. The summed E-state index contributed by atoms with van der Waals surface area (Å²) in [7, 11) is 0. The molecule has 1 amide bonds. The maximum absolute atomic E-state index is 11.8. The molecule has 1 aliphatic heterocycles. The molecule has 0 saturated heterocycles. The summed E-state index contributed by atoms with van der Waals surface area (Å²) in [6, 6.07) is 8.22. The number of aliphatic carboxylic acids is 1. The normalized spacial score (nSPS) is 19.6. The molecule has 0 spiro atoms. The molecule has 1 aromatic carbocycles. The Morgan fingerprint density at radius 1 is 1.42 bits per heavy atom. The van der Waals surface area contributed by atoms with Crippen molar-refractivity contribution in [1.82, 2.24) is 5.32 Å². The Balaban J connectivity index is 2.03. The summed E-state index contributed by atoms with van der Waals surface area (Å²) in [6.07, 6.45) is 0. The van der Waals surface area contributed by atoms with Gasteiger partial charge in [0.1, 0.15) is 12.1 Å². The quantitative estimate of drug-likeness (QED) is 0.865. The van der Waals surface area contributed by atoms with Crippen LogP contribution in [0.3, 0.4) is 0 Å². The van der Waals surface area contributed by atoms with Crippen LogP contribution < -0.4 is 5.32 Å². The summed E-state index contributed by atoms with van der Waals surface area (Å²) in [6.45, 7) is 1.43. The zero-order valence-corrected chi connectivity index (χ0v) is 11.2. The van der Waals surface area contributed by atoms with Gasteiger partial charge in [-0.15, -0.1) is 11.8 Å². The van der Waals surface area contributed by atoms with E-state index in [-0.39, 0.29) is 5.91 Å². The van der Waals surface area contributed by atoms with Crippen LogP contribution in [0, 0.1) is 0 Å². The number of carbonyl (C=O) groups excluding carboxylic acids is 1. The second kappa shape index (κ2) is 5.88. The predicted molar refractivity (Wildman–Crippen MR) is 74.5 cm³/mol. The highest BCUT2D eigenvalue weighted by molar-refractivity contribution is 8.14. The Hall–Kier alpha value is -1.82. The van der Waals surface area contributed by atoms with Gasteiger partial charge >= 0.3 is 5.97 Å². The Bertz CT molecular complexity index is 516. The fourth-order valence-electron chi connectivity index (χ4n) is 1.62. The maximum atomic E-state index is 11.8. The summed E-state index contributed by atoms with van der Waals surface area (Å²) >= 11 is 1.51. The summed E-state index contributed by atoms with van der Waals surface area (Å²) in [4.78, 5) is 26.9. The molecular weight excluding hydrogens is 264 g/mol. The van der Waals surface area contributed by atoms with Gasteiger partial charge in [-0.1, -0.05) is 30.3 Å². The first kappa shape index (κ1) is 13.6. The lowest BCUT2D eigenvalue weighted by molar-refractivity contribution is -0.141. The number of amides is 1. The smallest absolute Gasteiger partial charge is 0.325 e. The summed E-state index contributed by atoms with van der Waals surface area (Å²) in [5.74, 6) is -0.845. The third-order valence-corrected chi connectivity index (χ3v) is 3.80. The summed E-state index contributed by atoms with van der Waals surface area (Å²) < 4.78 is 0. The van der Waals surface area contributed by atoms with Gasteiger partial charge in [-0.25, -0.2) is 0 Å². The van der Waals surface area contributed by atoms with Crippen molar-refractivity contribution in [2.75, 3.05) is 5.75 Å². The monoisotopic (exact) mass is 278 g/mol. The van der Waals surface area contributed by atoms with Gasteiger partial charge in [0.15, 0.2) is 0 Å². The number of hydrogen-bond donors (Lipinski definition) is 2. The molecule has 100 valence electrons. The number of rotatable bonds is 4. The van der Waals surface area contributed by atoms with E-state index in [9.17, 15) is 9.59 Å². The second-order valence-corrected chi connectivity index (χ2v) is 5.20. The van der Waals surface area contributed by atoms with Crippen LogP contribution in [0.4, 0.5) is 0 Å². The molecule has 2 atom stereocenters. The first-order chi connectivity index (χ1) is 9.08. The largest absolute Gasteiger partial charge is 0.480 e. The molecule has 1 heterocycles. The maximum Gasteiger partial charge on any atom is 0.325 e. The lowest BCUT2D eigenvalue weighted by Crippen LogP contribution is -2.43. The highest BCUT2D eigenvalue weighted by atomic mass is 32.2. The lowest BCUT2D eigenvalue weighted by Gasteiger charge is -2.11. The van der Waals surface area contributed by atoms with Gasteiger partial charge < -0.3 is 10.4 Å². The molecule has 1 aliphatic rings. The molecule has 0 radical (unpaired) electrons. The van der Waals surface area contributed by atoms with E-state index in [2.05, 4.69) is 10.3 Å². The fraction of sp³-hybridized carbons (Fsp3) is 0.308. The third-order valence-electron chi connectivity index (χ3n) is 2.70. The molecule has 19 heavy (non-hydrogen) atoms. The van der Waals surface area contributed by atoms with Gasteiger partial charge in [0, 0.05) is 11.3 Å². The van der Waals surface area contributed by atoms with E-state index in [1.807, 2.05) is 30.3 Å². The number of hydrogen-bond acceptors (Lipinski definition) is 4. The van der Waals surface area contributed by atoms with E-state index in [0.717, 1.165) is 10.6 Å². The van der Waals surface area contributed by atoms with Crippen molar-refractivity contribution in [3.05, 3.63) is 35.9 Å². The van der Waals surface area contributed by atoms with Crippen LogP contribution in [0.25, 0.3) is 0 Å². The Labute approximate surface area is 115 Å². The summed E-state index contributed by atoms with van der Waals surface area (Å²) in [5, 5.41) is 12.0. The number of carbonyl (C=O) groups is 2.